The van der Waals surface area contributed by atoms with E-state index in [2.05, 4.69) is 10.2 Å². The molecule has 3 fully saturated rings. The van der Waals surface area contributed by atoms with E-state index in [0.717, 1.165) is 18.7 Å². The van der Waals surface area contributed by atoms with Crippen LogP contribution in [0.4, 0.5) is 0 Å². The highest BCUT2D eigenvalue weighted by atomic mass is 16.5. The Morgan fingerprint density at radius 2 is 1.83 bits per heavy atom. The summed E-state index contributed by atoms with van der Waals surface area (Å²) >= 11 is 0. The molecule has 1 N–H and O–H groups in total. The summed E-state index contributed by atoms with van der Waals surface area (Å²) in [5, 5.41) is 3.69. The minimum Gasteiger partial charge on any atom is -0.377 e. The first-order valence-corrected chi connectivity index (χ1v) is 8.01. The monoisotopic (exact) mass is 252 g/mol. The second kappa shape index (κ2) is 6.36. The van der Waals surface area contributed by atoms with Crippen LogP contribution < -0.4 is 5.32 Å². The fourth-order valence-electron chi connectivity index (χ4n) is 3.39. The molecule has 3 aliphatic rings. The minimum atomic E-state index is 0.517. The van der Waals surface area contributed by atoms with Gasteiger partial charge in [0.15, 0.2) is 0 Å². The summed E-state index contributed by atoms with van der Waals surface area (Å²) in [6.07, 6.45) is 11.4. The van der Waals surface area contributed by atoms with Crippen molar-refractivity contribution in [1.29, 1.82) is 0 Å². The van der Waals surface area contributed by atoms with Gasteiger partial charge in [0.1, 0.15) is 0 Å². The molecule has 0 aromatic carbocycles. The van der Waals surface area contributed by atoms with Gasteiger partial charge in [0.05, 0.1) is 6.10 Å². The summed E-state index contributed by atoms with van der Waals surface area (Å²) in [6, 6.07) is 1.61. The molecular weight excluding hydrogens is 224 g/mol. The molecule has 2 aliphatic heterocycles. The smallest absolute Gasteiger partial charge is 0.0702 e. The van der Waals surface area contributed by atoms with Crippen LogP contribution in [0.1, 0.15) is 51.4 Å². The predicted molar refractivity (Wildman–Crippen MR) is 73.8 cm³/mol. The molecule has 0 aromatic heterocycles. The van der Waals surface area contributed by atoms with Crippen LogP contribution in [0, 0.1) is 0 Å². The van der Waals surface area contributed by atoms with Gasteiger partial charge in [0, 0.05) is 31.8 Å². The van der Waals surface area contributed by atoms with E-state index in [0.29, 0.717) is 6.10 Å². The van der Waals surface area contributed by atoms with Crippen LogP contribution in [0.15, 0.2) is 0 Å². The van der Waals surface area contributed by atoms with Crippen molar-refractivity contribution in [1.82, 2.24) is 10.2 Å². The summed E-state index contributed by atoms with van der Waals surface area (Å²) in [5.74, 6) is 0. The molecule has 3 heteroatoms. The molecule has 1 aliphatic carbocycles. The van der Waals surface area contributed by atoms with E-state index in [1.54, 1.807) is 0 Å². The van der Waals surface area contributed by atoms with E-state index < -0.39 is 0 Å². The molecule has 3 nitrogen and oxygen atoms in total. The third-order valence-corrected chi connectivity index (χ3v) is 4.64. The molecule has 2 unspecified atom stereocenters. The Labute approximate surface area is 111 Å². The lowest BCUT2D eigenvalue weighted by Crippen LogP contribution is -2.47. The van der Waals surface area contributed by atoms with Gasteiger partial charge in [0.2, 0.25) is 0 Å². The van der Waals surface area contributed by atoms with Crippen molar-refractivity contribution in [2.24, 2.45) is 0 Å². The summed E-state index contributed by atoms with van der Waals surface area (Å²) in [5.41, 5.74) is 0. The van der Waals surface area contributed by atoms with Crippen molar-refractivity contribution in [3.8, 4) is 0 Å². The largest absolute Gasteiger partial charge is 0.377 e. The van der Waals surface area contributed by atoms with E-state index in [1.165, 1.54) is 71.0 Å². The van der Waals surface area contributed by atoms with Gasteiger partial charge in [-0.2, -0.15) is 0 Å². The van der Waals surface area contributed by atoms with Crippen LogP contribution in [-0.4, -0.2) is 49.3 Å². The maximum atomic E-state index is 5.91. The summed E-state index contributed by atoms with van der Waals surface area (Å²) in [6.45, 7) is 4.65. The van der Waals surface area contributed by atoms with Gasteiger partial charge < -0.3 is 10.1 Å². The summed E-state index contributed by atoms with van der Waals surface area (Å²) in [4.78, 5) is 2.72. The van der Waals surface area contributed by atoms with Crippen molar-refractivity contribution >= 4 is 0 Å². The van der Waals surface area contributed by atoms with Gasteiger partial charge in [-0.25, -0.2) is 0 Å². The van der Waals surface area contributed by atoms with E-state index in [1.807, 2.05) is 0 Å². The first-order valence-electron chi connectivity index (χ1n) is 8.01. The van der Waals surface area contributed by atoms with Crippen LogP contribution >= 0.6 is 0 Å². The Morgan fingerprint density at radius 3 is 2.50 bits per heavy atom. The number of piperidine rings is 1. The number of ether oxygens (including phenoxy) is 1. The van der Waals surface area contributed by atoms with E-state index >= 15 is 0 Å². The number of hydrogen-bond donors (Lipinski definition) is 1. The molecule has 2 saturated heterocycles. The van der Waals surface area contributed by atoms with Crippen molar-refractivity contribution in [2.75, 3.05) is 26.2 Å². The lowest BCUT2D eigenvalue weighted by molar-refractivity contribution is -0.00919. The molecule has 2 heterocycles. The summed E-state index contributed by atoms with van der Waals surface area (Å²) < 4.78 is 5.91. The second-order valence-electron chi connectivity index (χ2n) is 6.32. The zero-order valence-electron chi connectivity index (χ0n) is 11.6. The van der Waals surface area contributed by atoms with Crippen LogP contribution in [0.25, 0.3) is 0 Å². The Bertz CT molecular complexity index is 223. The van der Waals surface area contributed by atoms with Gasteiger partial charge in [-0.3, -0.25) is 4.90 Å². The Hall–Kier alpha value is -0.120. The number of nitrogens with zero attached hydrogens (tertiary/aromatic N) is 1. The highest BCUT2D eigenvalue weighted by Crippen LogP contribution is 2.29. The minimum absolute atomic E-state index is 0.517. The van der Waals surface area contributed by atoms with E-state index in [-0.39, 0.29) is 0 Å². The number of nitrogens with one attached hydrogen (secondary N) is 1. The van der Waals surface area contributed by atoms with Crippen LogP contribution in [0.2, 0.25) is 0 Å². The fourth-order valence-corrected chi connectivity index (χ4v) is 3.39. The molecular formula is C15H28N2O. The van der Waals surface area contributed by atoms with E-state index in [9.17, 15) is 0 Å². The first-order chi connectivity index (χ1) is 8.92. The Morgan fingerprint density at radius 1 is 0.944 bits per heavy atom. The van der Waals surface area contributed by atoms with E-state index in [4.69, 9.17) is 4.74 Å². The van der Waals surface area contributed by atoms with Crippen molar-refractivity contribution in [3.05, 3.63) is 0 Å². The van der Waals surface area contributed by atoms with Crippen molar-refractivity contribution in [2.45, 2.75) is 69.6 Å². The molecule has 104 valence electrons. The third-order valence-electron chi connectivity index (χ3n) is 4.64. The molecule has 0 aromatic rings. The Balaban J connectivity index is 1.47. The van der Waals surface area contributed by atoms with Crippen LogP contribution in [-0.2, 0) is 4.74 Å². The third kappa shape index (κ3) is 3.69. The standard InChI is InChI=1S/C15H28N2O/c1-3-9-16-13(5-1)11-17(14-7-8-14)12-15-6-2-4-10-18-15/h13-16H,1-12H2. The maximum Gasteiger partial charge on any atom is 0.0702 e. The zero-order chi connectivity index (χ0) is 12.2. The maximum absolute atomic E-state index is 5.91. The molecule has 2 atom stereocenters. The highest BCUT2D eigenvalue weighted by molar-refractivity contribution is 4.89. The average molecular weight is 252 g/mol. The SMILES string of the molecule is C1CCC(CN(CC2CCCCO2)C2CC2)NC1. The normalized spacial score (nSPS) is 33.8. The predicted octanol–water partition coefficient (Wildman–Crippen LogP) is 2.16. The lowest BCUT2D eigenvalue weighted by Gasteiger charge is -2.34. The van der Waals surface area contributed by atoms with Crippen LogP contribution in [0.5, 0.6) is 0 Å². The van der Waals surface area contributed by atoms with Gasteiger partial charge in [0.25, 0.3) is 0 Å². The highest BCUT2D eigenvalue weighted by Gasteiger charge is 2.32. The number of hydrogen-bond acceptors (Lipinski definition) is 3. The van der Waals surface area contributed by atoms with Crippen molar-refractivity contribution in [3.63, 3.8) is 0 Å². The lowest BCUT2D eigenvalue weighted by atomic mass is 10.0. The quantitative estimate of drug-likeness (QED) is 0.811. The molecule has 18 heavy (non-hydrogen) atoms. The van der Waals surface area contributed by atoms with Gasteiger partial charge in [-0.15, -0.1) is 0 Å². The molecule has 3 rings (SSSR count). The van der Waals surface area contributed by atoms with Gasteiger partial charge >= 0.3 is 0 Å². The molecule has 0 spiro atoms. The van der Waals surface area contributed by atoms with Gasteiger partial charge in [-0.1, -0.05) is 6.42 Å². The summed E-state index contributed by atoms with van der Waals surface area (Å²) in [7, 11) is 0. The first kappa shape index (κ1) is 12.9. The molecule has 0 amide bonds. The average Bonchev–Trinajstić information content (AvgIpc) is 3.25. The van der Waals surface area contributed by atoms with Crippen LogP contribution in [0.3, 0.4) is 0 Å². The second-order valence-corrected chi connectivity index (χ2v) is 6.32. The van der Waals surface area contributed by atoms with Crippen molar-refractivity contribution < 1.29 is 4.74 Å². The Kier molecular flexibility index (Phi) is 4.55. The zero-order valence-corrected chi connectivity index (χ0v) is 11.6. The molecule has 0 bridgehead atoms. The van der Waals surface area contributed by atoms with Gasteiger partial charge in [-0.05, 0) is 51.5 Å². The molecule has 1 saturated carbocycles. The molecule has 0 radical (unpaired) electrons. The number of rotatable bonds is 5. The fraction of sp³-hybridized carbons (Fsp3) is 1.00. The topological polar surface area (TPSA) is 24.5 Å².